The topological polar surface area (TPSA) is 55.1 Å². The number of carbonyl (C=O) groups is 1. The number of rotatable bonds is 5. The fourth-order valence-corrected chi connectivity index (χ4v) is 2.38. The number of carbonyl (C=O) groups excluding carboxylic acids is 1. The first-order valence-corrected chi connectivity index (χ1v) is 7.45. The normalized spacial score (nSPS) is 13.1. The predicted molar refractivity (Wildman–Crippen MR) is 75.8 cm³/mol. The van der Waals surface area contributed by atoms with Crippen molar-refractivity contribution < 1.29 is 18.0 Å². The Morgan fingerprint density at radius 3 is 2.60 bits per heavy atom. The minimum Gasteiger partial charge on any atom is -0.398 e. The molecule has 3 N–H and O–H groups in total. The minimum atomic E-state index is -4.49. The molecule has 1 rings (SSSR count). The van der Waals surface area contributed by atoms with Crippen molar-refractivity contribution in [3.05, 3.63) is 29.3 Å². The number of anilines is 1. The van der Waals surface area contributed by atoms with Crippen molar-refractivity contribution >= 4 is 23.4 Å². The van der Waals surface area contributed by atoms with E-state index in [9.17, 15) is 18.0 Å². The third-order valence-corrected chi connectivity index (χ3v) is 3.56. The number of halogens is 3. The van der Waals surface area contributed by atoms with Crippen LogP contribution in [0.25, 0.3) is 0 Å². The molecule has 0 aromatic heterocycles. The van der Waals surface area contributed by atoms with Gasteiger partial charge in [-0.05, 0) is 30.9 Å². The molecular formula is C13H17F3N2OS. The third kappa shape index (κ3) is 4.33. The van der Waals surface area contributed by atoms with E-state index in [4.69, 9.17) is 5.73 Å². The van der Waals surface area contributed by atoms with E-state index in [1.165, 1.54) is 0 Å². The van der Waals surface area contributed by atoms with Crippen molar-refractivity contribution in [1.29, 1.82) is 0 Å². The van der Waals surface area contributed by atoms with Crippen LogP contribution < -0.4 is 11.1 Å². The molecule has 0 spiro atoms. The molecule has 0 heterocycles. The van der Waals surface area contributed by atoms with Gasteiger partial charge in [-0.15, -0.1) is 0 Å². The van der Waals surface area contributed by atoms with Gasteiger partial charge in [-0.2, -0.15) is 24.9 Å². The van der Waals surface area contributed by atoms with Gasteiger partial charge in [0.05, 0.1) is 11.1 Å². The van der Waals surface area contributed by atoms with E-state index in [0.717, 1.165) is 18.2 Å². The number of thioether (sulfide) groups is 1. The Kier molecular flexibility index (Phi) is 5.74. The van der Waals surface area contributed by atoms with Crippen LogP contribution in [-0.2, 0) is 6.18 Å². The summed E-state index contributed by atoms with van der Waals surface area (Å²) in [5.74, 6) is 0.121. The van der Waals surface area contributed by atoms with E-state index >= 15 is 0 Å². The van der Waals surface area contributed by atoms with Crippen molar-refractivity contribution in [1.82, 2.24) is 5.32 Å². The molecule has 1 aromatic carbocycles. The standard InChI is InChI=1S/C13H17F3N2OS/c1-3-9(7-20-2)18-12(19)10-6-8(13(14,15)16)4-5-11(10)17/h4-6,9H,3,7,17H2,1-2H3,(H,18,19). The zero-order chi connectivity index (χ0) is 15.3. The number of nitrogens with two attached hydrogens (primary N) is 1. The van der Waals surface area contributed by atoms with Gasteiger partial charge in [-0.1, -0.05) is 6.92 Å². The lowest BCUT2D eigenvalue weighted by molar-refractivity contribution is -0.137. The summed E-state index contributed by atoms with van der Waals surface area (Å²) in [6.45, 7) is 1.90. The maximum Gasteiger partial charge on any atom is 0.416 e. The highest BCUT2D eigenvalue weighted by atomic mass is 32.2. The summed E-state index contributed by atoms with van der Waals surface area (Å²) in [5, 5.41) is 2.70. The molecule has 1 aromatic rings. The van der Waals surface area contributed by atoms with Crippen LogP contribution in [0.3, 0.4) is 0 Å². The monoisotopic (exact) mass is 306 g/mol. The van der Waals surface area contributed by atoms with Gasteiger partial charge in [0, 0.05) is 17.5 Å². The first-order chi connectivity index (χ1) is 9.29. The molecule has 1 amide bonds. The summed E-state index contributed by atoms with van der Waals surface area (Å²) in [5.41, 5.74) is 4.61. The van der Waals surface area contributed by atoms with E-state index in [1.807, 2.05) is 13.2 Å². The first-order valence-electron chi connectivity index (χ1n) is 6.06. The highest BCUT2D eigenvalue weighted by Crippen LogP contribution is 2.31. The molecule has 1 unspecified atom stereocenters. The fourth-order valence-electron chi connectivity index (χ4n) is 1.66. The molecule has 1 atom stereocenters. The van der Waals surface area contributed by atoms with Crippen LogP contribution in [0.5, 0.6) is 0 Å². The molecule has 112 valence electrons. The lowest BCUT2D eigenvalue weighted by Crippen LogP contribution is -2.36. The number of hydrogen-bond acceptors (Lipinski definition) is 3. The first kappa shape index (κ1) is 16.7. The molecule has 20 heavy (non-hydrogen) atoms. The fraction of sp³-hybridized carbons (Fsp3) is 0.462. The van der Waals surface area contributed by atoms with Gasteiger partial charge in [0.1, 0.15) is 0 Å². The molecule has 0 saturated heterocycles. The Hall–Kier alpha value is -1.37. The van der Waals surface area contributed by atoms with Crippen LogP contribution in [-0.4, -0.2) is 24.0 Å². The number of nitrogen functional groups attached to an aromatic ring is 1. The Morgan fingerprint density at radius 2 is 2.10 bits per heavy atom. The summed E-state index contributed by atoms with van der Waals surface area (Å²) in [6.07, 6.45) is -1.90. The van der Waals surface area contributed by atoms with Gasteiger partial charge >= 0.3 is 6.18 Å². The predicted octanol–water partition coefficient (Wildman–Crippen LogP) is 3.16. The van der Waals surface area contributed by atoms with E-state index in [0.29, 0.717) is 12.2 Å². The second kappa shape index (κ2) is 6.88. The number of alkyl halides is 3. The van der Waals surface area contributed by atoms with Crippen LogP contribution >= 0.6 is 11.8 Å². The smallest absolute Gasteiger partial charge is 0.398 e. The average Bonchev–Trinajstić information content (AvgIpc) is 2.37. The summed E-state index contributed by atoms with van der Waals surface area (Å²) in [4.78, 5) is 12.0. The largest absolute Gasteiger partial charge is 0.416 e. The van der Waals surface area contributed by atoms with Crippen molar-refractivity contribution in [2.24, 2.45) is 0 Å². The van der Waals surface area contributed by atoms with Gasteiger partial charge in [0.2, 0.25) is 0 Å². The average molecular weight is 306 g/mol. The van der Waals surface area contributed by atoms with E-state index in [2.05, 4.69) is 5.32 Å². The second-order valence-corrected chi connectivity index (χ2v) is 5.24. The van der Waals surface area contributed by atoms with E-state index in [-0.39, 0.29) is 17.3 Å². The summed E-state index contributed by atoms with van der Waals surface area (Å²) < 4.78 is 37.9. The Morgan fingerprint density at radius 1 is 1.45 bits per heavy atom. The Balaban J connectivity index is 2.97. The zero-order valence-electron chi connectivity index (χ0n) is 11.3. The summed E-state index contributed by atoms with van der Waals surface area (Å²) in [7, 11) is 0. The van der Waals surface area contributed by atoms with E-state index < -0.39 is 17.6 Å². The number of benzene rings is 1. The highest BCUT2D eigenvalue weighted by molar-refractivity contribution is 7.98. The molecule has 7 heteroatoms. The molecule has 0 bridgehead atoms. The SMILES string of the molecule is CCC(CSC)NC(=O)c1cc(C(F)(F)F)ccc1N. The van der Waals surface area contributed by atoms with Crippen molar-refractivity contribution in [2.75, 3.05) is 17.7 Å². The molecular weight excluding hydrogens is 289 g/mol. The second-order valence-electron chi connectivity index (χ2n) is 4.33. The van der Waals surface area contributed by atoms with Gasteiger partial charge < -0.3 is 11.1 Å². The minimum absolute atomic E-state index is 0.0366. The number of hydrogen-bond donors (Lipinski definition) is 2. The van der Waals surface area contributed by atoms with Crippen LogP contribution in [0.15, 0.2) is 18.2 Å². The highest BCUT2D eigenvalue weighted by Gasteiger charge is 2.31. The quantitative estimate of drug-likeness (QED) is 0.822. The number of nitrogens with one attached hydrogen (secondary N) is 1. The molecule has 0 aliphatic heterocycles. The molecule has 0 saturated carbocycles. The zero-order valence-corrected chi connectivity index (χ0v) is 12.1. The van der Waals surface area contributed by atoms with Crippen molar-refractivity contribution in [3.8, 4) is 0 Å². The van der Waals surface area contributed by atoms with Gasteiger partial charge in [-0.25, -0.2) is 0 Å². The lowest BCUT2D eigenvalue weighted by Gasteiger charge is -2.17. The third-order valence-electron chi connectivity index (χ3n) is 2.82. The molecule has 0 aliphatic carbocycles. The summed E-state index contributed by atoms with van der Waals surface area (Å²) in [6, 6.07) is 2.67. The Bertz CT molecular complexity index is 477. The van der Waals surface area contributed by atoms with Gasteiger partial charge in [0.25, 0.3) is 5.91 Å². The number of amides is 1. The lowest BCUT2D eigenvalue weighted by atomic mass is 10.1. The van der Waals surface area contributed by atoms with Gasteiger partial charge in [0.15, 0.2) is 0 Å². The molecule has 0 aliphatic rings. The molecule has 0 fully saturated rings. The van der Waals surface area contributed by atoms with Crippen LogP contribution in [0.4, 0.5) is 18.9 Å². The van der Waals surface area contributed by atoms with Crippen molar-refractivity contribution in [3.63, 3.8) is 0 Å². The molecule has 3 nitrogen and oxygen atoms in total. The van der Waals surface area contributed by atoms with Crippen LogP contribution in [0, 0.1) is 0 Å². The Labute approximate surface area is 120 Å². The van der Waals surface area contributed by atoms with Gasteiger partial charge in [-0.3, -0.25) is 4.79 Å². The van der Waals surface area contributed by atoms with Crippen molar-refractivity contribution in [2.45, 2.75) is 25.6 Å². The summed E-state index contributed by atoms with van der Waals surface area (Å²) >= 11 is 1.56. The van der Waals surface area contributed by atoms with Crippen LogP contribution in [0.2, 0.25) is 0 Å². The molecule has 0 radical (unpaired) electrons. The maximum absolute atomic E-state index is 12.6. The van der Waals surface area contributed by atoms with E-state index in [1.54, 1.807) is 11.8 Å². The van der Waals surface area contributed by atoms with Crippen LogP contribution in [0.1, 0.15) is 29.3 Å². The maximum atomic E-state index is 12.6.